The summed E-state index contributed by atoms with van der Waals surface area (Å²) in [5.74, 6) is 0. The van der Waals surface area contributed by atoms with Crippen molar-refractivity contribution in [1.82, 2.24) is 0 Å². The van der Waals surface area contributed by atoms with Gasteiger partial charge in [-0.15, -0.1) is 0 Å². The molecule has 0 unspecified atom stereocenters. The van der Waals surface area contributed by atoms with Crippen LogP contribution < -0.4 is 0 Å². The molecule has 0 spiro atoms. The predicted octanol–water partition coefficient (Wildman–Crippen LogP) is 4.52. The van der Waals surface area contributed by atoms with E-state index in [0.29, 0.717) is 0 Å². The van der Waals surface area contributed by atoms with Crippen LogP contribution >= 0.6 is 0 Å². The van der Waals surface area contributed by atoms with Crippen molar-refractivity contribution >= 4 is 0 Å². The van der Waals surface area contributed by atoms with Gasteiger partial charge in [0.2, 0.25) is 0 Å². The number of rotatable bonds is 0. The van der Waals surface area contributed by atoms with Crippen LogP contribution in [0.2, 0.25) is 0 Å². The molecule has 1 heteroatoms. The third-order valence-corrected chi connectivity index (χ3v) is 3.75. The van der Waals surface area contributed by atoms with E-state index in [9.17, 15) is 0 Å². The molecular weight excluding hydrogens is 231 g/mol. The van der Waals surface area contributed by atoms with Crippen LogP contribution in [0.4, 0.5) is 0 Å². The minimum atomic E-state index is 0. The number of hydrogen-bond donors (Lipinski definition) is 0. The second-order valence-electron chi connectivity index (χ2n) is 5.75. The van der Waals surface area contributed by atoms with Crippen LogP contribution in [-0.2, 0) is 24.0 Å². The van der Waals surface area contributed by atoms with Crippen LogP contribution in [0.5, 0.6) is 0 Å². The number of hydrogen-bond acceptors (Lipinski definition) is 0. The summed E-state index contributed by atoms with van der Waals surface area (Å²) in [5.41, 5.74) is 9.11. The Kier molecular flexibility index (Phi) is 4.92. The molecular formula is C15H24V. The fourth-order valence-corrected chi connectivity index (χ4v) is 2.62. The maximum Gasteiger partial charge on any atom is 0 e. The molecule has 0 aliphatic heterocycles. The van der Waals surface area contributed by atoms with E-state index in [-0.39, 0.29) is 24.0 Å². The van der Waals surface area contributed by atoms with Gasteiger partial charge in [-0.3, -0.25) is 0 Å². The van der Waals surface area contributed by atoms with Gasteiger partial charge in [-0.25, -0.2) is 0 Å². The van der Waals surface area contributed by atoms with E-state index in [1.54, 1.807) is 0 Å². The predicted molar refractivity (Wildman–Crippen MR) is 68.8 cm³/mol. The molecule has 0 aromatic heterocycles. The zero-order valence-corrected chi connectivity index (χ0v) is 13.3. The smallest absolute Gasteiger partial charge is 0 e. The Morgan fingerprint density at radius 3 is 1.06 bits per heavy atom. The molecule has 1 aromatic carbocycles. The van der Waals surface area contributed by atoms with E-state index in [1.807, 2.05) is 0 Å². The Balaban J connectivity index is 0.00000225. The Hall–Kier alpha value is -0.196. The summed E-state index contributed by atoms with van der Waals surface area (Å²) in [6.07, 6.45) is 0. The maximum absolute atomic E-state index is 2.30. The van der Waals surface area contributed by atoms with Gasteiger partial charge in [0, 0.05) is 18.6 Å². The van der Waals surface area contributed by atoms with Gasteiger partial charge in [0.1, 0.15) is 0 Å². The third kappa shape index (κ3) is 2.55. The molecule has 1 radical (unpaired) electrons. The summed E-state index contributed by atoms with van der Waals surface area (Å²) in [4.78, 5) is 0. The van der Waals surface area contributed by atoms with Crippen molar-refractivity contribution in [2.24, 2.45) is 0 Å². The molecule has 0 saturated carbocycles. The molecule has 0 fully saturated rings. The third-order valence-electron chi connectivity index (χ3n) is 3.75. The molecule has 0 bridgehead atoms. The summed E-state index contributed by atoms with van der Waals surface area (Å²) in [7, 11) is 0. The van der Waals surface area contributed by atoms with Gasteiger partial charge in [0.05, 0.1) is 0 Å². The van der Waals surface area contributed by atoms with Gasteiger partial charge < -0.3 is 0 Å². The van der Waals surface area contributed by atoms with Crippen LogP contribution in [0, 0.1) is 34.6 Å². The van der Waals surface area contributed by atoms with Crippen molar-refractivity contribution in [3.63, 3.8) is 0 Å². The zero-order chi connectivity index (χ0) is 12.0. The van der Waals surface area contributed by atoms with Crippen LogP contribution in [-0.4, -0.2) is 0 Å². The van der Waals surface area contributed by atoms with Gasteiger partial charge in [0.25, 0.3) is 0 Å². The fraction of sp³-hybridized carbons (Fsp3) is 0.600. The molecule has 0 nitrogen and oxygen atoms in total. The van der Waals surface area contributed by atoms with Gasteiger partial charge in [-0.1, -0.05) is 20.8 Å². The molecule has 0 N–H and O–H groups in total. The average Bonchev–Trinajstić information content (AvgIpc) is 2.09. The molecule has 0 aliphatic carbocycles. The molecule has 16 heavy (non-hydrogen) atoms. The van der Waals surface area contributed by atoms with Gasteiger partial charge >= 0.3 is 0 Å². The van der Waals surface area contributed by atoms with Crippen LogP contribution in [0.25, 0.3) is 0 Å². The quantitative estimate of drug-likeness (QED) is 0.639. The first kappa shape index (κ1) is 15.8. The maximum atomic E-state index is 2.30. The number of benzene rings is 1. The molecule has 0 heterocycles. The standard InChI is InChI=1S/C15H24.V/c1-9-10(2)12(4)14(15(6,7)8)13(5)11(9)3;/h1-8H3;. The minimum Gasteiger partial charge on any atom is -0.0561 e. The Bertz CT molecular complexity index is 366. The SMILES string of the molecule is Cc1c(C)c(C)c(C(C)(C)C)c(C)c1C.[V]. The molecule has 0 aliphatic rings. The summed E-state index contributed by atoms with van der Waals surface area (Å²) in [6.45, 7) is 18.1. The average molecular weight is 255 g/mol. The van der Waals surface area contributed by atoms with E-state index in [4.69, 9.17) is 0 Å². The Labute approximate surface area is 113 Å². The Morgan fingerprint density at radius 1 is 0.562 bits per heavy atom. The van der Waals surface area contributed by atoms with E-state index in [2.05, 4.69) is 55.4 Å². The van der Waals surface area contributed by atoms with Crippen molar-refractivity contribution in [2.75, 3.05) is 0 Å². The molecule has 89 valence electrons. The topological polar surface area (TPSA) is 0 Å². The molecule has 1 aromatic rings. The van der Waals surface area contributed by atoms with Gasteiger partial charge in [0.15, 0.2) is 0 Å². The molecule has 1 rings (SSSR count). The van der Waals surface area contributed by atoms with Crippen molar-refractivity contribution in [3.05, 3.63) is 33.4 Å². The van der Waals surface area contributed by atoms with E-state index in [1.165, 1.54) is 33.4 Å². The summed E-state index contributed by atoms with van der Waals surface area (Å²) >= 11 is 0. The first-order valence-corrected chi connectivity index (χ1v) is 5.75. The first-order valence-electron chi connectivity index (χ1n) is 5.75. The molecule has 0 amide bonds. The van der Waals surface area contributed by atoms with Crippen LogP contribution in [0.15, 0.2) is 0 Å². The first-order chi connectivity index (χ1) is 6.68. The fourth-order valence-electron chi connectivity index (χ4n) is 2.62. The summed E-state index contributed by atoms with van der Waals surface area (Å²) in [6, 6.07) is 0. The largest absolute Gasteiger partial charge is 0.0561 e. The Morgan fingerprint density at radius 2 is 0.812 bits per heavy atom. The van der Waals surface area contributed by atoms with Crippen LogP contribution in [0.1, 0.15) is 54.2 Å². The second-order valence-corrected chi connectivity index (χ2v) is 5.75. The summed E-state index contributed by atoms with van der Waals surface area (Å²) < 4.78 is 0. The second kappa shape index (κ2) is 4.98. The van der Waals surface area contributed by atoms with E-state index < -0.39 is 0 Å². The van der Waals surface area contributed by atoms with Gasteiger partial charge in [-0.2, -0.15) is 0 Å². The van der Waals surface area contributed by atoms with Crippen molar-refractivity contribution in [1.29, 1.82) is 0 Å². The monoisotopic (exact) mass is 255 g/mol. The van der Waals surface area contributed by atoms with E-state index in [0.717, 1.165) is 0 Å². The van der Waals surface area contributed by atoms with Crippen molar-refractivity contribution < 1.29 is 18.6 Å². The normalized spacial score (nSPS) is 11.2. The van der Waals surface area contributed by atoms with Gasteiger partial charge in [-0.05, 0) is 73.4 Å². The van der Waals surface area contributed by atoms with E-state index >= 15 is 0 Å². The zero-order valence-electron chi connectivity index (χ0n) is 11.9. The van der Waals surface area contributed by atoms with Crippen LogP contribution in [0.3, 0.4) is 0 Å². The molecule has 0 atom stereocenters. The minimum absolute atomic E-state index is 0. The van der Waals surface area contributed by atoms with Crippen molar-refractivity contribution in [2.45, 2.75) is 60.8 Å². The molecule has 0 saturated heterocycles. The summed E-state index contributed by atoms with van der Waals surface area (Å²) in [5, 5.41) is 0. The van der Waals surface area contributed by atoms with Crippen molar-refractivity contribution in [3.8, 4) is 0 Å².